The third-order valence-corrected chi connectivity index (χ3v) is 3.07. The number of anilines is 2. The van der Waals surface area contributed by atoms with Gasteiger partial charge in [0.15, 0.2) is 0 Å². The summed E-state index contributed by atoms with van der Waals surface area (Å²) in [5.74, 6) is -0.565. The number of hydrogen-bond acceptors (Lipinski definition) is 5. The molecule has 1 amide bonds. The molecule has 0 atom stereocenters. The molecule has 110 valence electrons. The summed E-state index contributed by atoms with van der Waals surface area (Å²) in [6, 6.07) is 5.05. The van der Waals surface area contributed by atoms with E-state index in [1.54, 1.807) is 25.2 Å². The van der Waals surface area contributed by atoms with Crippen LogP contribution in [0.2, 0.25) is 0 Å². The zero-order chi connectivity index (χ0) is 15.3. The van der Waals surface area contributed by atoms with Crippen molar-refractivity contribution < 1.29 is 14.3 Å². The van der Waals surface area contributed by atoms with Gasteiger partial charge in [-0.05, 0) is 26.0 Å². The highest BCUT2D eigenvalue weighted by molar-refractivity contribution is 5.98. The SMILES string of the molecule is CNC(=O)C(C)(C)CNc1cccc(C(=O)OC)c1N. The number of esters is 1. The Kier molecular flexibility index (Phi) is 4.96. The van der Waals surface area contributed by atoms with E-state index in [0.717, 1.165) is 0 Å². The normalized spacial score (nSPS) is 10.8. The topological polar surface area (TPSA) is 93.5 Å². The molecule has 1 rings (SSSR count). The van der Waals surface area contributed by atoms with Crippen LogP contribution in [0.5, 0.6) is 0 Å². The van der Waals surface area contributed by atoms with Gasteiger partial charge >= 0.3 is 5.97 Å². The van der Waals surface area contributed by atoms with Gasteiger partial charge in [0, 0.05) is 13.6 Å². The molecule has 0 spiro atoms. The molecule has 6 nitrogen and oxygen atoms in total. The van der Waals surface area contributed by atoms with Gasteiger partial charge in [-0.3, -0.25) is 4.79 Å². The first-order valence-corrected chi connectivity index (χ1v) is 6.26. The molecule has 0 saturated carbocycles. The fraction of sp³-hybridized carbons (Fsp3) is 0.429. The lowest BCUT2D eigenvalue weighted by molar-refractivity contribution is -0.128. The molecule has 0 aliphatic carbocycles. The monoisotopic (exact) mass is 279 g/mol. The lowest BCUT2D eigenvalue weighted by Gasteiger charge is -2.24. The number of nitrogens with two attached hydrogens (primary N) is 1. The number of nitrogens with one attached hydrogen (secondary N) is 2. The molecule has 0 aliphatic heterocycles. The summed E-state index contributed by atoms with van der Waals surface area (Å²) in [6.45, 7) is 4.03. The number of ether oxygens (including phenoxy) is 1. The number of nitrogen functional groups attached to an aromatic ring is 1. The van der Waals surface area contributed by atoms with Crippen molar-refractivity contribution in [1.29, 1.82) is 0 Å². The van der Waals surface area contributed by atoms with Gasteiger partial charge in [0.1, 0.15) is 0 Å². The second-order valence-electron chi connectivity index (χ2n) is 5.07. The molecule has 0 unspecified atom stereocenters. The van der Waals surface area contributed by atoms with Crippen molar-refractivity contribution in [2.45, 2.75) is 13.8 Å². The maximum absolute atomic E-state index is 11.7. The highest BCUT2D eigenvalue weighted by Crippen LogP contribution is 2.25. The molecule has 0 bridgehead atoms. The molecular formula is C14H21N3O3. The molecule has 1 aromatic rings. The lowest BCUT2D eigenvalue weighted by Crippen LogP contribution is -2.39. The van der Waals surface area contributed by atoms with E-state index in [9.17, 15) is 9.59 Å². The van der Waals surface area contributed by atoms with Crippen LogP contribution >= 0.6 is 0 Å². The fourth-order valence-corrected chi connectivity index (χ4v) is 1.74. The number of carbonyl (C=O) groups excluding carboxylic acids is 2. The first-order chi connectivity index (χ1) is 9.33. The molecule has 0 fully saturated rings. The molecule has 1 aromatic carbocycles. The standard InChI is InChI=1S/C14H21N3O3/c1-14(2,13(19)16-3)8-17-10-7-5-6-9(11(10)15)12(18)20-4/h5-7,17H,8,15H2,1-4H3,(H,16,19). The number of para-hydroxylation sites is 1. The molecule has 6 heteroatoms. The van der Waals surface area contributed by atoms with Crippen LogP contribution in [0.3, 0.4) is 0 Å². The molecule has 0 radical (unpaired) electrons. The largest absolute Gasteiger partial charge is 0.465 e. The minimum Gasteiger partial charge on any atom is -0.465 e. The Balaban J connectivity index is 2.89. The lowest BCUT2D eigenvalue weighted by atomic mass is 9.92. The predicted molar refractivity (Wildman–Crippen MR) is 78.5 cm³/mol. The van der Waals surface area contributed by atoms with Crippen LogP contribution in [0.25, 0.3) is 0 Å². The highest BCUT2D eigenvalue weighted by atomic mass is 16.5. The average molecular weight is 279 g/mol. The van der Waals surface area contributed by atoms with Crippen LogP contribution in [-0.2, 0) is 9.53 Å². The minimum atomic E-state index is -0.595. The minimum absolute atomic E-state index is 0.0762. The van der Waals surface area contributed by atoms with E-state index in [4.69, 9.17) is 5.73 Å². The van der Waals surface area contributed by atoms with Crippen molar-refractivity contribution in [1.82, 2.24) is 5.32 Å². The van der Waals surface area contributed by atoms with Crippen molar-refractivity contribution in [2.75, 3.05) is 31.8 Å². The smallest absolute Gasteiger partial charge is 0.340 e. The predicted octanol–water partition coefficient (Wildman–Crippen LogP) is 1.24. The van der Waals surface area contributed by atoms with Crippen molar-refractivity contribution in [3.05, 3.63) is 23.8 Å². The summed E-state index contributed by atoms with van der Waals surface area (Å²) >= 11 is 0. The first-order valence-electron chi connectivity index (χ1n) is 6.26. The van der Waals surface area contributed by atoms with E-state index in [0.29, 0.717) is 23.5 Å². The Morgan fingerprint density at radius 2 is 2.00 bits per heavy atom. The molecular weight excluding hydrogens is 258 g/mol. The molecule has 20 heavy (non-hydrogen) atoms. The van der Waals surface area contributed by atoms with Crippen molar-refractivity contribution >= 4 is 23.3 Å². The van der Waals surface area contributed by atoms with E-state index in [1.165, 1.54) is 7.11 Å². The maximum atomic E-state index is 11.7. The summed E-state index contributed by atoms with van der Waals surface area (Å²) in [7, 11) is 2.90. The maximum Gasteiger partial charge on any atom is 0.340 e. The number of methoxy groups -OCH3 is 1. The van der Waals surface area contributed by atoms with E-state index in [1.807, 2.05) is 13.8 Å². The van der Waals surface area contributed by atoms with Crippen molar-refractivity contribution in [3.8, 4) is 0 Å². The van der Waals surface area contributed by atoms with Crippen molar-refractivity contribution in [3.63, 3.8) is 0 Å². The van der Waals surface area contributed by atoms with E-state index < -0.39 is 11.4 Å². The zero-order valence-electron chi connectivity index (χ0n) is 12.2. The first kappa shape index (κ1) is 15.8. The average Bonchev–Trinajstić information content (AvgIpc) is 2.44. The number of hydrogen-bond donors (Lipinski definition) is 3. The Morgan fingerprint density at radius 3 is 2.55 bits per heavy atom. The Labute approximate surface area is 118 Å². The number of rotatable bonds is 5. The van der Waals surface area contributed by atoms with Gasteiger partial charge in [0.2, 0.25) is 5.91 Å². The van der Waals surface area contributed by atoms with Crippen LogP contribution in [0, 0.1) is 5.41 Å². The molecule has 0 saturated heterocycles. The second-order valence-corrected chi connectivity index (χ2v) is 5.07. The van der Waals surface area contributed by atoms with Crippen LogP contribution in [-0.4, -0.2) is 32.6 Å². The Bertz CT molecular complexity index is 512. The van der Waals surface area contributed by atoms with Gasteiger partial charge in [-0.25, -0.2) is 4.79 Å². The molecule has 0 heterocycles. The zero-order valence-corrected chi connectivity index (χ0v) is 12.2. The van der Waals surface area contributed by atoms with Crippen LogP contribution < -0.4 is 16.4 Å². The number of carbonyl (C=O) groups is 2. The van der Waals surface area contributed by atoms with E-state index >= 15 is 0 Å². The third kappa shape index (κ3) is 3.40. The molecule has 0 aromatic heterocycles. The van der Waals surface area contributed by atoms with Gasteiger partial charge in [-0.2, -0.15) is 0 Å². The summed E-state index contributed by atoms with van der Waals surface area (Å²) in [5.41, 5.74) is 6.55. The summed E-state index contributed by atoms with van der Waals surface area (Å²) in [5, 5.41) is 5.70. The summed E-state index contributed by atoms with van der Waals surface area (Å²) < 4.78 is 4.66. The Morgan fingerprint density at radius 1 is 1.35 bits per heavy atom. The quantitative estimate of drug-likeness (QED) is 0.557. The van der Waals surface area contributed by atoms with Gasteiger partial charge in [-0.1, -0.05) is 6.07 Å². The summed E-state index contributed by atoms with van der Waals surface area (Å²) in [4.78, 5) is 23.3. The van der Waals surface area contributed by atoms with Crippen LogP contribution in [0.4, 0.5) is 11.4 Å². The molecule has 0 aliphatic rings. The van der Waals surface area contributed by atoms with Gasteiger partial charge < -0.3 is 21.1 Å². The summed E-state index contributed by atoms with van der Waals surface area (Å²) in [6.07, 6.45) is 0. The van der Waals surface area contributed by atoms with E-state index in [2.05, 4.69) is 15.4 Å². The second kappa shape index (κ2) is 6.27. The van der Waals surface area contributed by atoms with Crippen molar-refractivity contribution in [2.24, 2.45) is 5.41 Å². The van der Waals surface area contributed by atoms with E-state index in [-0.39, 0.29) is 5.91 Å². The fourth-order valence-electron chi connectivity index (χ4n) is 1.74. The molecule has 4 N–H and O–H groups in total. The van der Waals surface area contributed by atoms with Gasteiger partial charge in [-0.15, -0.1) is 0 Å². The van der Waals surface area contributed by atoms with Gasteiger partial charge in [0.05, 0.1) is 29.5 Å². The van der Waals surface area contributed by atoms with Crippen LogP contribution in [0.15, 0.2) is 18.2 Å². The number of amides is 1. The highest BCUT2D eigenvalue weighted by Gasteiger charge is 2.26. The Hall–Kier alpha value is -2.24. The number of benzene rings is 1. The van der Waals surface area contributed by atoms with Gasteiger partial charge in [0.25, 0.3) is 0 Å². The third-order valence-electron chi connectivity index (χ3n) is 3.07. The van der Waals surface area contributed by atoms with Crippen LogP contribution in [0.1, 0.15) is 24.2 Å².